The molecule has 2 saturated carbocycles. The van der Waals surface area contributed by atoms with E-state index in [4.69, 9.17) is 0 Å². The van der Waals surface area contributed by atoms with Gasteiger partial charge in [0.1, 0.15) is 6.71 Å². The molecule has 1 atom stereocenters. The third-order valence-electron chi connectivity index (χ3n) is 7.66. The molecule has 0 aromatic rings. The maximum Gasteiger partial charge on any atom is 0.146 e. The van der Waals surface area contributed by atoms with Crippen molar-refractivity contribution in [3.8, 4) is 0 Å². The van der Waals surface area contributed by atoms with Crippen molar-refractivity contribution in [1.82, 2.24) is 0 Å². The molecule has 0 N–H and O–H groups in total. The molecule has 0 aliphatic heterocycles. The first kappa shape index (κ1) is 24.6. The summed E-state index contributed by atoms with van der Waals surface area (Å²) in [7, 11) is 4.85. The minimum atomic E-state index is 0.851. The Morgan fingerprint density at radius 2 is 1.46 bits per heavy atom. The lowest BCUT2D eigenvalue weighted by Crippen LogP contribution is -2.44. The monoisotopic (exact) mass is 408 g/mol. The Hall–Kier alpha value is 0.375. The molecule has 2 aliphatic carbocycles. The third-order valence-corrected chi connectivity index (χ3v) is 9.04. The molecule has 0 aromatic heterocycles. The average molecular weight is 409 g/mol. The first-order valence-corrected chi connectivity index (χ1v) is 14.1. The molecular weight excluding hydrogens is 357 g/mol. The molecule has 28 heavy (non-hydrogen) atoms. The van der Waals surface area contributed by atoms with Gasteiger partial charge in [-0.2, -0.15) is 11.8 Å². The van der Waals surface area contributed by atoms with Gasteiger partial charge in [-0.25, -0.2) is 0 Å². The minimum absolute atomic E-state index is 0.851. The van der Waals surface area contributed by atoms with Gasteiger partial charge in [0.15, 0.2) is 0 Å². The molecule has 3 heteroatoms. The van der Waals surface area contributed by atoms with E-state index in [2.05, 4.69) is 39.7 Å². The van der Waals surface area contributed by atoms with Crippen molar-refractivity contribution in [3.63, 3.8) is 0 Å². The normalized spacial score (nSPS) is 21.0. The SMILES string of the molecule is CCCC[N+](C)(C)CC(C)CSCCCB(C1CCCCC1)C1CCCCC1. The van der Waals surface area contributed by atoms with E-state index < -0.39 is 0 Å². The highest BCUT2D eigenvalue weighted by molar-refractivity contribution is 7.99. The van der Waals surface area contributed by atoms with Crippen LogP contribution >= 0.6 is 11.8 Å². The molecule has 1 unspecified atom stereocenters. The fourth-order valence-corrected chi connectivity index (χ4v) is 7.31. The first-order chi connectivity index (χ1) is 13.5. The Kier molecular flexibility index (Phi) is 12.0. The zero-order valence-corrected chi connectivity index (χ0v) is 20.7. The van der Waals surface area contributed by atoms with Gasteiger partial charge in [-0.05, 0) is 12.2 Å². The molecule has 2 fully saturated rings. The molecule has 0 bridgehead atoms. The highest BCUT2D eigenvalue weighted by atomic mass is 32.2. The second kappa shape index (κ2) is 13.6. The zero-order valence-electron chi connectivity index (χ0n) is 19.9. The summed E-state index contributed by atoms with van der Waals surface area (Å²) in [6, 6.07) is 0. The van der Waals surface area contributed by atoms with E-state index in [1.54, 1.807) is 25.7 Å². The van der Waals surface area contributed by atoms with E-state index in [1.165, 1.54) is 93.2 Å². The van der Waals surface area contributed by atoms with Gasteiger partial charge in [-0.15, -0.1) is 0 Å². The molecule has 0 aromatic carbocycles. The molecule has 0 saturated heterocycles. The van der Waals surface area contributed by atoms with Crippen LogP contribution in [0.2, 0.25) is 18.0 Å². The quantitative estimate of drug-likeness (QED) is 0.170. The van der Waals surface area contributed by atoms with Gasteiger partial charge in [0.25, 0.3) is 0 Å². The van der Waals surface area contributed by atoms with E-state index in [9.17, 15) is 0 Å². The first-order valence-electron chi connectivity index (χ1n) is 12.9. The smallest absolute Gasteiger partial charge is 0.146 e. The molecule has 0 spiro atoms. The van der Waals surface area contributed by atoms with Gasteiger partial charge < -0.3 is 4.48 Å². The van der Waals surface area contributed by atoms with Crippen LogP contribution in [0.25, 0.3) is 0 Å². The molecular formula is C25H51BNS+. The lowest BCUT2D eigenvalue weighted by atomic mass is 9.29. The number of nitrogens with zero attached hydrogens (tertiary/aromatic N) is 1. The standard InChI is InChI=1S/C25H51BNS/c1-5-6-19-27(3,4)21-23(2)22-28-20-13-18-26(24-14-9-7-10-15-24)25-16-11-8-12-17-25/h23-25H,5-22H2,1-4H3/q+1. The molecule has 2 aliphatic rings. The van der Waals surface area contributed by atoms with Gasteiger partial charge in [0.05, 0.1) is 27.2 Å². The summed E-state index contributed by atoms with van der Waals surface area (Å²) in [5.41, 5.74) is 0. The Labute approximate surface area is 182 Å². The summed E-state index contributed by atoms with van der Waals surface area (Å²) >= 11 is 2.25. The maximum atomic E-state index is 2.48. The maximum absolute atomic E-state index is 2.48. The van der Waals surface area contributed by atoms with Crippen LogP contribution in [-0.2, 0) is 0 Å². The Bertz CT molecular complexity index is 370. The lowest BCUT2D eigenvalue weighted by Gasteiger charge is -2.36. The summed E-state index contributed by atoms with van der Waals surface area (Å²) in [6.45, 7) is 8.55. The Balaban J connectivity index is 1.67. The average Bonchev–Trinajstić information content (AvgIpc) is 2.70. The van der Waals surface area contributed by atoms with Crippen LogP contribution < -0.4 is 0 Å². The van der Waals surface area contributed by atoms with Crippen LogP contribution in [0.4, 0.5) is 0 Å². The third kappa shape index (κ3) is 9.46. The van der Waals surface area contributed by atoms with E-state index >= 15 is 0 Å². The highest BCUT2D eigenvalue weighted by Crippen LogP contribution is 2.43. The van der Waals surface area contributed by atoms with Gasteiger partial charge in [-0.3, -0.25) is 0 Å². The number of unbranched alkanes of at least 4 members (excludes halogenated alkanes) is 1. The van der Waals surface area contributed by atoms with Gasteiger partial charge in [0.2, 0.25) is 0 Å². The Morgan fingerprint density at radius 3 is 2.00 bits per heavy atom. The number of thioether (sulfide) groups is 1. The number of rotatable bonds is 13. The van der Waals surface area contributed by atoms with Crippen LogP contribution in [0.5, 0.6) is 0 Å². The van der Waals surface area contributed by atoms with Crippen LogP contribution in [0, 0.1) is 5.92 Å². The van der Waals surface area contributed by atoms with Crippen molar-refractivity contribution in [2.24, 2.45) is 5.92 Å². The summed E-state index contributed by atoms with van der Waals surface area (Å²) in [6.07, 6.45) is 21.0. The summed E-state index contributed by atoms with van der Waals surface area (Å²) < 4.78 is 1.21. The fourth-order valence-electron chi connectivity index (χ4n) is 6.26. The highest BCUT2D eigenvalue weighted by Gasteiger charge is 2.33. The second-order valence-electron chi connectivity index (χ2n) is 11.0. The number of quaternary nitrogens is 1. The second-order valence-corrected chi connectivity index (χ2v) is 12.1. The van der Waals surface area contributed by atoms with Crippen LogP contribution in [-0.4, -0.2) is 49.9 Å². The van der Waals surface area contributed by atoms with E-state index in [1.807, 2.05) is 0 Å². The van der Waals surface area contributed by atoms with Crippen molar-refractivity contribution in [2.45, 2.75) is 115 Å². The van der Waals surface area contributed by atoms with Gasteiger partial charge >= 0.3 is 0 Å². The fraction of sp³-hybridized carbons (Fsp3) is 1.00. The summed E-state index contributed by atoms with van der Waals surface area (Å²) in [5, 5.41) is 0. The van der Waals surface area contributed by atoms with Crippen LogP contribution in [0.3, 0.4) is 0 Å². The summed E-state index contributed by atoms with van der Waals surface area (Å²) in [4.78, 5) is 0. The zero-order chi connectivity index (χ0) is 20.2. The largest absolute Gasteiger partial charge is 0.328 e. The molecule has 1 nitrogen and oxygen atoms in total. The lowest BCUT2D eigenvalue weighted by molar-refractivity contribution is -0.893. The van der Waals surface area contributed by atoms with Crippen molar-refractivity contribution in [1.29, 1.82) is 0 Å². The Morgan fingerprint density at radius 1 is 0.893 bits per heavy atom. The van der Waals surface area contributed by atoms with Crippen molar-refractivity contribution in [3.05, 3.63) is 0 Å². The molecule has 0 heterocycles. The topological polar surface area (TPSA) is 0 Å². The summed E-state index contributed by atoms with van der Waals surface area (Å²) in [5.74, 6) is 5.78. The van der Waals surface area contributed by atoms with E-state index in [-0.39, 0.29) is 0 Å². The predicted molar refractivity (Wildman–Crippen MR) is 132 cm³/mol. The molecule has 0 amide bonds. The van der Waals surface area contributed by atoms with E-state index in [0.29, 0.717) is 0 Å². The molecule has 0 radical (unpaired) electrons. The minimum Gasteiger partial charge on any atom is -0.328 e. The number of hydrogen-bond acceptors (Lipinski definition) is 1. The predicted octanol–water partition coefficient (Wildman–Crippen LogP) is 7.79. The van der Waals surface area contributed by atoms with Gasteiger partial charge in [-0.1, -0.05) is 109 Å². The van der Waals surface area contributed by atoms with Crippen molar-refractivity contribution < 1.29 is 4.48 Å². The molecule has 2 rings (SSSR count). The van der Waals surface area contributed by atoms with Crippen LogP contribution in [0.1, 0.15) is 97.3 Å². The van der Waals surface area contributed by atoms with E-state index in [0.717, 1.165) is 24.3 Å². The van der Waals surface area contributed by atoms with Gasteiger partial charge in [0, 0.05) is 11.7 Å². The van der Waals surface area contributed by atoms with Crippen molar-refractivity contribution >= 4 is 18.5 Å². The molecule has 164 valence electrons. The van der Waals surface area contributed by atoms with Crippen molar-refractivity contribution in [2.75, 3.05) is 38.7 Å². The number of hydrogen-bond donors (Lipinski definition) is 0. The van der Waals surface area contributed by atoms with Crippen LogP contribution in [0.15, 0.2) is 0 Å².